The van der Waals surface area contributed by atoms with E-state index in [0.29, 0.717) is 5.96 Å². The van der Waals surface area contributed by atoms with E-state index in [9.17, 15) is 4.79 Å². The fourth-order valence-electron chi connectivity index (χ4n) is 3.22. The maximum atomic E-state index is 12.5. The van der Waals surface area contributed by atoms with Gasteiger partial charge in [-0.3, -0.25) is 9.79 Å². The number of hydrogen-bond acceptors (Lipinski definition) is 2. The van der Waals surface area contributed by atoms with Crippen LogP contribution in [0.1, 0.15) is 17.5 Å². The maximum Gasteiger partial charge on any atom is 0.246 e. The summed E-state index contributed by atoms with van der Waals surface area (Å²) >= 11 is 0. The van der Waals surface area contributed by atoms with Crippen molar-refractivity contribution in [2.75, 3.05) is 31.6 Å². The summed E-state index contributed by atoms with van der Waals surface area (Å²) in [7, 11) is 1.72. The van der Waals surface area contributed by atoms with Crippen LogP contribution < -0.4 is 15.5 Å². The lowest BCUT2D eigenvalue weighted by Gasteiger charge is -2.18. The first-order valence-electron chi connectivity index (χ1n) is 9.14. The molecule has 2 N–H and O–H groups in total. The Labute approximate surface area is 178 Å². The van der Waals surface area contributed by atoms with E-state index in [2.05, 4.69) is 46.0 Å². The zero-order valence-corrected chi connectivity index (χ0v) is 18.0. The monoisotopic (exact) mass is 478 g/mol. The smallest absolute Gasteiger partial charge is 0.246 e. The van der Waals surface area contributed by atoms with Gasteiger partial charge in [0.15, 0.2) is 5.96 Å². The summed E-state index contributed by atoms with van der Waals surface area (Å²) in [6.07, 6.45) is 2.96. The van der Waals surface area contributed by atoms with Gasteiger partial charge in [-0.15, -0.1) is 24.0 Å². The highest BCUT2D eigenvalue weighted by Gasteiger charge is 2.23. The highest BCUT2D eigenvalue weighted by Crippen LogP contribution is 2.27. The lowest BCUT2D eigenvalue weighted by Crippen LogP contribution is -2.44. The van der Waals surface area contributed by atoms with E-state index < -0.39 is 0 Å². The fourth-order valence-corrected chi connectivity index (χ4v) is 3.22. The number of nitrogens with zero attached hydrogens (tertiary/aromatic N) is 2. The van der Waals surface area contributed by atoms with Crippen LogP contribution in [-0.2, 0) is 17.6 Å². The average Bonchev–Trinajstić information content (AvgIpc) is 3.12. The van der Waals surface area contributed by atoms with E-state index in [-0.39, 0.29) is 36.4 Å². The quantitative estimate of drug-likeness (QED) is 0.291. The van der Waals surface area contributed by atoms with Crippen molar-refractivity contribution in [3.63, 3.8) is 0 Å². The van der Waals surface area contributed by atoms with E-state index in [0.717, 1.165) is 38.0 Å². The lowest BCUT2D eigenvalue weighted by molar-refractivity contribution is -0.117. The minimum absolute atomic E-state index is 0. The number of amides is 1. The summed E-state index contributed by atoms with van der Waals surface area (Å²) in [6.45, 7) is 1.81. The third-order valence-electron chi connectivity index (χ3n) is 4.60. The number of hydrogen-bond donors (Lipinski definition) is 2. The van der Waals surface area contributed by atoms with Crippen LogP contribution in [0.3, 0.4) is 0 Å². The molecule has 1 heterocycles. The molecule has 0 unspecified atom stereocenters. The van der Waals surface area contributed by atoms with Crippen molar-refractivity contribution in [3.8, 4) is 0 Å². The number of anilines is 1. The Morgan fingerprint density at radius 1 is 1.07 bits per heavy atom. The van der Waals surface area contributed by atoms with Crippen LogP contribution in [0, 0.1) is 0 Å². The standard InChI is InChI=1S/C21H26N4O.HI/c1-22-21(23-14-7-10-17-8-3-2-4-9-17)24-16-20(26)25-15-13-18-11-5-6-12-19(18)25;/h2-6,8-9,11-12H,7,10,13-16H2,1H3,(H2,22,23,24);1H. The Balaban J connectivity index is 0.00000261. The van der Waals surface area contributed by atoms with Crippen molar-refractivity contribution in [3.05, 3.63) is 65.7 Å². The van der Waals surface area contributed by atoms with Gasteiger partial charge < -0.3 is 15.5 Å². The molecule has 0 bridgehead atoms. The summed E-state index contributed by atoms with van der Waals surface area (Å²) < 4.78 is 0. The third-order valence-corrected chi connectivity index (χ3v) is 4.60. The topological polar surface area (TPSA) is 56.7 Å². The van der Waals surface area contributed by atoms with Crippen LogP contribution >= 0.6 is 24.0 Å². The number of benzene rings is 2. The fraction of sp³-hybridized carbons (Fsp3) is 0.333. The predicted molar refractivity (Wildman–Crippen MR) is 122 cm³/mol. The molecule has 0 atom stereocenters. The number of aryl methyl sites for hydroxylation is 1. The molecule has 6 heteroatoms. The molecular weight excluding hydrogens is 451 g/mol. The van der Waals surface area contributed by atoms with Gasteiger partial charge in [-0.05, 0) is 36.5 Å². The van der Waals surface area contributed by atoms with E-state index >= 15 is 0 Å². The highest BCUT2D eigenvalue weighted by atomic mass is 127. The molecule has 0 fully saturated rings. The van der Waals surface area contributed by atoms with Gasteiger partial charge in [-0.2, -0.15) is 0 Å². The van der Waals surface area contributed by atoms with E-state index in [1.165, 1.54) is 11.1 Å². The number of aliphatic imine (C=N–C) groups is 1. The van der Waals surface area contributed by atoms with Gasteiger partial charge in [0.25, 0.3) is 0 Å². The van der Waals surface area contributed by atoms with Crippen LogP contribution in [-0.4, -0.2) is 38.5 Å². The maximum absolute atomic E-state index is 12.5. The molecule has 1 aliphatic rings. The number of rotatable bonds is 6. The number of carbonyl (C=O) groups excluding carboxylic acids is 1. The third kappa shape index (κ3) is 5.95. The zero-order valence-electron chi connectivity index (χ0n) is 15.6. The number of carbonyl (C=O) groups is 1. The summed E-state index contributed by atoms with van der Waals surface area (Å²) in [4.78, 5) is 18.6. The molecule has 5 nitrogen and oxygen atoms in total. The minimum Gasteiger partial charge on any atom is -0.356 e. The first kappa shape index (κ1) is 21.2. The van der Waals surface area contributed by atoms with Crippen molar-refractivity contribution in [2.45, 2.75) is 19.3 Å². The molecule has 0 spiro atoms. The number of guanidine groups is 1. The Hall–Kier alpha value is -2.09. The zero-order chi connectivity index (χ0) is 18.2. The molecule has 0 aromatic heterocycles. The van der Waals surface area contributed by atoms with Gasteiger partial charge in [-0.25, -0.2) is 0 Å². The second kappa shape index (κ2) is 10.9. The molecular formula is C21H27IN4O. The first-order valence-corrected chi connectivity index (χ1v) is 9.14. The second-order valence-electron chi connectivity index (χ2n) is 6.37. The molecule has 1 aliphatic heterocycles. The molecule has 1 amide bonds. The van der Waals surface area contributed by atoms with Crippen molar-refractivity contribution < 1.29 is 4.79 Å². The Morgan fingerprint density at radius 2 is 1.81 bits per heavy atom. The van der Waals surface area contributed by atoms with Crippen molar-refractivity contribution in [2.24, 2.45) is 4.99 Å². The summed E-state index contributed by atoms with van der Waals surface area (Å²) in [6, 6.07) is 18.5. The molecule has 0 radical (unpaired) electrons. The van der Waals surface area contributed by atoms with Gasteiger partial charge in [0.1, 0.15) is 0 Å². The van der Waals surface area contributed by atoms with Crippen molar-refractivity contribution >= 4 is 41.5 Å². The van der Waals surface area contributed by atoms with Gasteiger partial charge in [-0.1, -0.05) is 48.5 Å². The molecule has 0 saturated carbocycles. The van der Waals surface area contributed by atoms with Crippen molar-refractivity contribution in [1.29, 1.82) is 0 Å². The molecule has 0 aliphatic carbocycles. The average molecular weight is 478 g/mol. The van der Waals surface area contributed by atoms with Crippen LogP contribution in [0.25, 0.3) is 0 Å². The van der Waals surface area contributed by atoms with E-state index in [1.807, 2.05) is 29.2 Å². The second-order valence-corrected chi connectivity index (χ2v) is 6.37. The lowest BCUT2D eigenvalue weighted by atomic mass is 10.1. The van der Waals surface area contributed by atoms with Gasteiger partial charge in [0.2, 0.25) is 5.91 Å². The Kier molecular flexibility index (Phi) is 8.57. The summed E-state index contributed by atoms with van der Waals surface area (Å²) in [5.74, 6) is 0.737. The number of nitrogens with one attached hydrogen (secondary N) is 2. The molecule has 3 rings (SSSR count). The van der Waals surface area contributed by atoms with Crippen molar-refractivity contribution in [1.82, 2.24) is 10.6 Å². The van der Waals surface area contributed by atoms with Gasteiger partial charge in [0.05, 0.1) is 6.54 Å². The summed E-state index contributed by atoms with van der Waals surface area (Å²) in [5, 5.41) is 6.40. The first-order chi connectivity index (χ1) is 12.8. The predicted octanol–water partition coefficient (Wildman–Crippen LogP) is 2.99. The number of para-hydroxylation sites is 1. The normalized spacial score (nSPS) is 12.9. The molecule has 0 saturated heterocycles. The minimum atomic E-state index is 0. The molecule has 2 aromatic rings. The van der Waals surface area contributed by atoms with Crippen LogP contribution in [0.5, 0.6) is 0 Å². The number of halogens is 1. The van der Waals surface area contributed by atoms with Gasteiger partial charge in [0, 0.05) is 25.8 Å². The van der Waals surface area contributed by atoms with Gasteiger partial charge >= 0.3 is 0 Å². The largest absolute Gasteiger partial charge is 0.356 e. The Morgan fingerprint density at radius 3 is 2.59 bits per heavy atom. The van der Waals surface area contributed by atoms with E-state index in [4.69, 9.17) is 0 Å². The SMILES string of the molecule is CN=C(NCCCc1ccccc1)NCC(=O)N1CCc2ccccc21.I. The molecule has 27 heavy (non-hydrogen) atoms. The van der Waals surface area contributed by atoms with Crippen LogP contribution in [0.2, 0.25) is 0 Å². The molecule has 2 aromatic carbocycles. The summed E-state index contributed by atoms with van der Waals surface area (Å²) in [5.41, 5.74) is 3.61. The van der Waals surface area contributed by atoms with Crippen LogP contribution in [0.15, 0.2) is 59.6 Å². The Bertz CT molecular complexity index is 764. The number of fused-ring (bicyclic) bond motifs is 1. The van der Waals surface area contributed by atoms with Crippen LogP contribution in [0.4, 0.5) is 5.69 Å². The van der Waals surface area contributed by atoms with E-state index in [1.54, 1.807) is 7.05 Å². The molecule has 144 valence electrons. The highest BCUT2D eigenvalue weighted by molar-refractivity contribution is 14.0.